The summed E-state index contributed by atoms with van der Waals surface area (Å²) in [5.74, 6) is 1.33. The van der Waals surface area contributed by atoms with Crippen molar-refractivity contribution in [1.29, 1.82) is 0 Å². The highest BCUT2D eigenvalue weighted by Crippen LogP contribution is 2.34. The molecule has 2 aromatic rings. The van der Waals surface area contributed by atoms with Gasteiger partial charge in [-0.25, -0.2) is 4.98 Å². The summed E-state index contributed by atoms with van der Waals surface area (Å²) in [5, 5.41) is 8.74. The topological polar surface area (TPSA) is 87.4 Å². The van der Waals surface area contributed by atoms with Crippen LogP contribution in [0.15, 0.2) is 35.4 Å². The van der Waals surface area contributed by atoms with Gasteiger partial charge in [-0.2, -0.15) is 4.98 Å². The van der Waals surface area contributed by atoms with Crippen molar-refractivity contribution < 1.29 is 4.79 Å². The van der Waals surface area contributed by atoms with Crippen LogP contribution < -0.4 is 20.3 Å². The normalized spacial score (nSPS) is 16.8. The molecule has 0 bridgehead atoms. The second-order valence-corrected chi connectivity index (χ2v) is 6.69. The van der Waals surface area contributed by atoms with Gasteiger partial charge in [-0.05, 0) is 42.6 Å². The van der Waals surface area contributed by atoms with Gasteiger partial charge in [0.25, 0.3) is 0 Å². The number of hydrogen-bond acceptors (Lipinski definition) is 7. The van der Waals surface area contributed by atoms with E-state index in [1.807, 2.05) is 36.2 Å². The first-order valence-corrected chi connectivity index (χ1v) is 9.04. The van der Waals surface area contributed by atoms with E-state index in [-0.39, 0.29) is 11.9 Å². The molecule has 1 aromatic carbocycles. The fraction of sp³-hybridized carbons (Fsp3) is 0.353. The molecule has 0 saturated heterocycles. The Bertz CT molecular complexity index is 766. The summed E-state index contributed by atoms with van der Waals surface area (Å²) >= 11 is 1.20. The van der Waals surface area contributed by atoms with E-state index in [0.717, 1.165) is 34.9 Å². The predicted molar refractivity (Wildman–Crippen MR) is 102 cm³/mol. The lowest BCUT2D eigenvalue weighted by molar-refractivity contribution is -0.120. The summed E-state index contributed by atoms with van der Waals surface area (Å²) in [4.78, 5) is 26.1. The van der Waals surface area contributed by atoms with Crippen LogP contribution in [0.2, 0.25) is 0 Å². The van der Waals surface area contributed by atoms with Crippen molar-refractivity contribution in [2.75, 3.05) is 29.2 Å². The average molecular weight is 358 g/mol. The zero-order valence-corrected chi connectivity index (χ0v) is 15.4. The molecule has 1 aromatic heterocycles. The Hall–Kier alpha value is -2.32. The van der Waals surface area contributed by atoms with Crippen molar-refractivity contribution in [3.8, 4) is 0 Å². The highest BCUT2D eigenvalue weighted by atomic mass is 32.2. The van der Waals surface area contributed by atoms with Crippen LogP contribution in [0.25, 0.3) is 0 Å². The van der Waals surface area contributed by atoms with Gasteiger partial charge in [0.1, 0.15) is 11.7 Å². The van der Waals surface area contributed by atoms with Gasteiger partial charge in [-0.1, -0.05) is 13.3 Å². The average Bonchev–Trinajstić information content (AvgIpc) is 2.64. The van der Waals surface area contributed by atoms with Gasteiger partial charge in [-0.3, -0.25) is 9.93 Å². The molecule has 8 heteroatoms. The van der Waals surface area contributed by atoms with E-state index in [1.54, 1.807) is 18.1 Å². The fourth-order valence-electron chi connectivity index (χ4n) is 2.91. The number of fused-ring (bicyclic) bond motifs is 1. The Morgan fingerprint density at radius 3 is 2.64 bits per heavy atom. The lowest BCUT2D eigenvalue weighted by Gasteiger charge is -2.38. The minimum absolute atomic E-state index is 0.0797. The van der Waals surface area contributed by atoms with Crippen LogP contribution in [0.1, 0.15) is 19.8 Å². The Morgan fingerprint density at radius 2 is 2.00 bits per heavy atom. The third-order valence-electron chi connectivity index (χ3n) is 4.34. The van der Waals surface area contributed by atoms with E-state index in [1.165, 1.54) is 11.9 Å². The van der Waals surface area contributed by atoms with E-state index in [9.17, 15) is 4.79 Å². The van der Waals surface area contributed by atoms with E-state index in [2.05, 4.69) is 22.2 Å². The molecule has 0 fully saturated rings. The monoisotopic (exact) mass is 358 g/mol. The molecule has 0 radical (unpaired) electrons. The standard InChI is InChI=1S/C17H22N6OS/c1-4-5-13-16(24)23(3)14-10-19-17(21-15(14)22(13)2)20-11-6-8-12(25-18)9-7-11/h6-10,13H,4-5,18H2,1-3H3,(H,19,20,21). The third-order valence-corrected chi connectivity index (χ3v) is 4.88. The van der Waals surface area contributed by atoms with E-state index < -0.39 is 0 Å². The molecule has 3 rings (SSSR count). The van der Waals surface area contributed by atoms with E-state index >= 15 is 0 Å². The maximum absolute atomic E-state index is 12.5. The quantitative estimate of drug-likeness (QED) is 0.795. The summed E-state index contributed by atoms with van der Waals surface area (Å²) in [7, 11) is 3.69. The number of nitrogens with one attached hydrogen (secondary N) is 1. The fourth-order valence-corrected chi connectivity index (χ4v) is 3.21. The molecule has 1 unspecified atom stereocenters. The number of aromatic nitrogens is 2. The van der Waals surface area contributed by atoms with Crippen LogP contribution in [-0.2, 0) is 4.79 Å². The summed E-state index contributed by atoms with van der Waals surface area (Å²) < 4.78 is 0. The Labute approximate surface area is 151 Å². The second-order valence-electron chi connectivity index (χ2n) is 5.98. The van der Waals surface area contributed by atoms with E-state index in [0.29, 0.717) is 5.95 Å². The zero-order chi connectivity index (χ0) is 18.0. The molecule has 2 heterocycles. The molecule has 1 atom stereocenters. The Balaban J connectivity index is 1.88. The highest BCUT2D eigenvalue weighted by Gasteiger charge is 2.35. The number of carbonyl (C=O) groups excluding carboxylic acids is 1. The first-order chi connectivity index (χ1) is 12.0. The van der Waals surface area contributed by atoms with E-state index in [4.69, 9.17) is 5.14 Å². The molecule has 7 nitrogen and oxygen atoms in total. The lowest BCUT2D eigenvalue weighted by atomic mass is 10.1. The highest BCUT2D eigenvalue weighted by molar-refractivity contribution is 7.97. The van der Waals surface area contributed by atoms with Gasteiger partial charge < -0.3 is 15.1 Å². The summed E-state index contributed by atoms with van der Waals surface area (Å²) in [6.45, 7) is 2.08. The largest absolute Gasteiger partial charge is 0.346 e. The van der Waals surface area contributed by atoms with Crippen LogP contribution in [0, 0.1) is 0 Å². The first-order valence-electron chi connectivity index (χ1n) is 8.16. The van der Waals surface area contributed by atoms with Crippen molar-refractivity contribution in [3.05, 3.63) is 30.5 Å². The van der Waals surface area contributed by atoms with Crippen LogP contribution in [-0.4, -0.2) is 36.0 Å². The second kappa shape index (κ2) is 7.28. The Morgan fingerprint density at radius 1 is 1.28 bits per heavy atom. The van der Waals surface area contributed by atoms with Crippen molar-refractivity contribution in [2.45, 2.75) is 30.7 Å². The molecule has 132 valence electrons. The molecular weight excluding hydrogens is 336 g/mol. The molecule has 0 saturated carbocycles. The van der Waals surface area contributed by atoms with Crippen LogP contribution >= 0.6 is 11.9 Å². The SMILES string of the molecule is CCCC1C(=O)N(C)c2cnc(Nc3ccc(SN)cc3)nc2N1C. The molecule has 1 aliphatic heterocycles. The van der Waals surface area contributed by atoms with Gasteiger partial charge in [0, 0.05) is 24.7 Å². The van der Waals surface area contributed by atoms with Crippen molar-refractivity contribution in [1.82, 2.24) is 9.97 Å². The molecule has 0 aliphatic carbocycles. The number of likely N-dealkylation sites (N-methyl/N-ethyl adjacent to an activating group) is 2. The lowest BCUT2D eigenvalue weighted by Crippen LogP contribution is -2.51. The van der Waals surface area contributed by atoms with Gasteiger partial charge in [0.05, 0.1) is 6.20 Å². The van der Waals surface area contributed by atoms with Crippen LogP contribution in [0.5, 0.6) is 0 Å². The molecule has 0 spiro atoms. The minimum Gasteiger partial charge on any atom is -0.346 e. The van der Waals surface area contributed by atoms with Crippen LogP contribution in [0.3, 0.4) is 0 Å². The molecule has 1 amide bonds. The van der Waals surface area contributed by atoms with Crippen molar-refractivity contribution in [2.24, 2.45) is 5.14 Å². The third kappa shape index (κ3) is 3.40. The molecular formula is C17H22N6OS. The number of rotatable bonds is 5. The summed E-state index contributed by atoms with van der Waals surface area (Å²) in [6.07, 6.45) is 3.42. The minimum atomic E-state index is -0.189. The molecule has 1 aliphatic rings. The Kier molecular flexibility index (Phi) is 5.10. The summed E-state index contributed by atoms with van der Waals surface area (Å²) in [6, 6.07) is 7.53. The predicted octanol–water partition coefficient (Wildman–Crippen LogP) is 2.77. The number of nitrogens with two attached hydrogens (primary N) is 1. The zero-order valence-electron chi connectivity index (χ0n) is 14.6. The first kappa shape index (κ1) is 17.5. The number of nitrogens with zero attached hydrogens (tertiary/aromatic N) is 4. The number of benzene rings is 1. The van der Waals surface area contributed by atoms with Crippen molar-refractivity contribution >= 4 is 41.0 Å². The smallest absolute Gasteiger partial charge is 0.249 e. The van der Waals surface area contributed by atoms with Gasteiger partial charge in [0.15, 0.2) is 5.82 Å². The maximum Gasteiger partial charge on any atom is 0.249 e. The summed E-state index contributed by atoms with van der Waals surface area (Å²) in [5.41, 5.74) is 1.60. The molecule has 3 N–H and O–H groups in total. The number of amides is 1. The maximum atomic E-state index is 12.5. The molecule has 25 heavy (non-hydrogen) atoms. The number of hydrogen-bond donors (Lipinski definition) is 2. The number of carbonyl (C=O) groups is 1. The van der Waals surface area contributed by atoms with Crippen molar-refractivity contribution in [3.63, 3.8) is 0 Å². The van der Waals surface area contributed by atoms with Crippen LogP contribution in [0.4, 0.5) is 23.1 Å². The van der Waals surface area contributed by atoms with Gasteiger partial charge in [-0.15, -0.1) is 0 Å². The number of anilines is 4. The van der Waals surface area contributed by atoms with Gasteiger partial charge >= 0.3 is 0 Å². The van der Waals surface area contributed by atoms with Gasteiger partial charge in [0.2, 0.25) is 11.9 Å².